The Hall–Kier alpha value is -1.61. The zero-order valence-corrected chi connectivity index (χ0v) is 14.9. The number of benzene rings is 1. The third kappa shape index (κ3) is 3.84. The van der Waals surface area contributed by atoms with Crippen molar-refractivity contribution in [2.45, 2.75) is 52.0 Å². The van der Waals surface area contributed by atoms with E-state index in [1.807, 2.05) is 11.3 Å². The number of hydrogen-bond acceptors (Lipinski definition) is 2. The van der Waals surface area contributed by atoms with E-state index < -0.39 is 0 Å². The molecule has 0 spiro atoms. The van der Waals surface area contributed by atoms with Gasteiger partial charge in [-0.25, -0.2) is 0 Å². The number of hydrogen-bond donors (Lipinski definition) is 0. The third-order valence-corrected chi connectivity index (χ3v) is 5.82. The number of carbonyl (C=O) groups excluding carboxylic acids is 1. The number of nitrogens with zero attached hydrogens (tertiary/aromatic N) is 1. The van der Waals surface area contributed by atoms with Gasteiger partial charge in [-0.1, -0.05) is 31.2 Å². The Balaban J connectivity index is 1.60. The second-order valence-electron chi connectivity index (χ2n) is 6.36. The quantitative estimate of drug-likeness (QED) is 0.763. The Kier molecular flexibility index (Phi) is 5.16. The van der Waals surface area contributed by atoms with Crippen LogP contribution >= 0.6 is 11.3 Å². The number of thiophene rings is 1. The van der Waals surface area contributed by atoms with E-state index >= 15 is 0 Å². The minimum absolute atomic E-state index is 0.304. The van der Waals surface area contributed by atoms with Crippen molar-refractivity contribution in [2.75, 3.05) is 6.54 Å². The van der Waals surface area contributed by atoms with Crippen molar-refractivity contribution in [3.63, 3.8) is 0 Å². The highest BCUT2D eigenvalue weighted by molar-refractivity contribution is 7.12. The summed E-state index contributed by atoms with van der Waals surface area (Å²) in [7, 11) is 0. The maximum Gasteiger partial charge on any atom is 0.223 e. The van der Waals surface area contributed by atoms with Crippen molar-refractivity contribution >= 4 is 17.2 Å². The number of likely N-dealkylation sites (tertiary alicyclic amines) is 1. The van der Waals surface area contributed by atoms with Gasteiger partial charge in [-0.2, -0.15) is 0 Å². The second kappa shape index (κ2) is 7.31. The lowest BCUT2D eigenvalue weighted by molar-refractivity contribution is -0.132. The summed E-state index contributed by atoms with van der Waals surface area (Å²) in [6, 6.07) is 13.3. The lowest BCUT2D eigenvalue weighted by Crippen LogP contribution is -2.30. The molecule has 1 aromatic carbocycles. The van der Waals surface area contributed by atoms with Crippen molar-refractivity contribution in [2.24, 2.45) is 0 Å². The largest absolute Gasteiger partial charge is 0.335 e. The molecule has 3 heteroatoms. The summed E-state index contributed by atoms with van der Waals surface area (Å²) in [5.74, 6) is 0.304. The van der Waals surface area contributed by atoms with Crippen molar-refractivity contribution in [1.82, 2.24) is 4.90 Å². The summed E-state index contributed by atoms with van der Waals surface area (Å²) in [5, 5.41) is 0. The standard InChI is InChI=1S/C20H25NOS/c1-3-16-7-9-17(10-8-16)11-13-20(22)21-14-4-5-18(21)19-12-6-15(2)23-19/h6-10,12,18H,3-5,11,13-14H2,1-2H3. The van der Waals surface area contributed by atoms with E-state index in [4.69, 9.17) is 0 Å². The molecule has 1 atom stereocenters. The van der Waals surface area contributed by atoms with Crippen LogP contribution in [0.15, 0.2) is 36.4 Å². The van der Waals surface area contributed by atoms with Crippen molar-refractivity contribution in [3.05, 3.63) is 57.3 Å². The van der Waals surface area contributed by atoms with Gasteiger partial charge in [0.15, 0.2) is 0 Å². The molecule has 1 fully saturated rings. The third-order valence-electron chi connectivity index (χ3n) is 4.72. The number of aryl methyl sites for hydroxylation is 3. The maximum atomic E-state index is 12.7. The first-order valence-corrected chi connectivity index (χ1v) is 9.42. The van der Waals surface area contributed by atoms with Gasteiger partial charge in [0, 0.05) is 22.7 Å². The van der Waals surface area contributed by atoms with E-state index in [-0.39, 0.29) is 0 Å². The second-order valence-corrected chi connectivity index (χ2v) is 7.68. The molecule has 1 saturated heterocycles. The van der Waals surface area contributed by atoms with E-state index in [0.29, 0.717) is 18.4 Å². The van der Waals surface area contributed by atoms with E-state index in [2.05, 4.69) is 55.1 Å². The average molecular weight is 327 g/mol. The van der Waals surface area contributed by atoms with Gasteiger partial charge >= 0.3 is 0 Å². The smallest absolute Gasteiger partial charge is 0.223 e. The molecule has 3 rings (SSSR count). The molecule has 0 aliphatic carbocycles. The van der Waals surface area contributed by atoms with Crippen molar-refractivity contribution < 1.29 is 4.79 Å². The highest BCUT2D eigenvalue weighted by atomic mass is 32.1. The molecule has 1 amide bonds. The summed E-state index contributed by atoms with van der Waals surface area (Å²) in [6.07, 6.45) is 4.76. The first kappa shape index (κ1) is 16.3. The van der Waals surface area contributed by atoms with E-state index in [9.17, 15) is 4.79 Å². The van der Waals surface area contributed by atoms with Gasteiger partial charge in [0.2, 0.25) is 5.91 Å². The predicted octanol–water partition coefficient (Wildman–Crippen LogP) is 4.92. The lowest BCUT2D eigenvalue weighted by Gasteiger charge is -2.24. The number of carbonyl (C=O) groups is 1. The summed E-state index contributed by atoms with van der Waals surface area (Å²) in [4.78, 5) is 17.4. The molecular weight excluding hydrogens is 302 g/mol. The predicted molar refractivity (Wildman–Crippen MR) is 96.9 cm³/mol. The van der Waals surface area contributed by atoms with Crippen LogP contribution in [0.4, 0.5) is 0 Å². The van der Waals surface area contributed by atoms with E-state index in [0.717, 1.165) is 32.2 Å². The summed E-state index contributed by atoms with van der Waals surface area (Å²) in [6.45, 7) is 5.21. The van der Waals surface area contributed by atoms with Crippen LogP contribution < -0.4 is 0 Å². The maximum absolute atomic E-state index is 12.7. The van der Waals surface area contributed by atoms with Gasteiger partial charge in [-0.15, -0.1) is 11.3 Å². The molecule has 1 aliphatic heterocycles. The van der Waals surface area contributed by atoms with Gasteiger partial charge in [0.1, 0.15) is 0 Å². The molecule has 0 bridgehead atoms. The topological polar surface area (TPSA) is 20.3 Å². The highest BCUT2D eigenvalue weighted by Gasteiger charge is 2.30. The Morgan fingerprint density at radius 1 is 1.17 bits per heavy atom. The first-order chi connectivity index (χ1) is 11.2. The SMILES string of the molecule is CCc1ccc(CCC(=O)N2CCCC2c2ccc(C)s2)cc1. The zero-order chi connectivity index (χ0) is 16.2. The molecule has 1 aliphatic rings. The average Bonchev–Trinajstić information content (AvgIpc) is 3.21. The molecule has 2 nitrogen and oxygen atoms in total. The molecule has 0 saturated carbocycles. The summed E-state index contributed by atoms with van der Waals surface area (Å²) in [5.41, 5.74) is 2.62. The van der Waals surface area contributed by atoms with Crippen molar-refractivity contribution in [1.29, 1.82) is 0 Å². The minimum Gasteiger partial charge on any atom is -0.335 e. The Morgan fingerprint density at radius 3 is 2.57 bits per heavy atom. The van der Waals surface area contributed by atoms with Crippen LogP contribution in [-0.2, 0) is 17.6 Å². The van der Waals surface area contributed by atoms with E-state index in [1.54, 1.807) is 0 Å². The molecule has 2 aromatic rings. The fourth-order valence-electron chi connectivity index (χ4n) is 3.33. The van der Waals surface area contributed by atoms with Gasteiger partial charge in [-0.3, -0.25) is 4.79 Å². The molecule has 2 heterocycles. The van der Waals surface area contributed by atoms with Gasteiger partial charge in [-0.05, 0) is 55.9 Å². The van der Waals surface area contributed by atoms with Crippen LogP contribution in [0.3, 0.4) is 0 Å². The van der Waals surface area contributed by atoms with Crippen LogP contribution in [0.2, 0.25) is 0 Å². The molecule has 0 N–H and O–H groups in total. The van der Waals surface area contributed by atoms with Crippen molar-refractivity contribution in [3.8, 4) is 0 Å². The molecule has 23 heavy (non-hydrogen) atoms. The zero-order valence-electron chi connectivity index (χ0n) is 14.0. The fourth-order valence-corrected chi connectivity index (χ4v) is 4.36. The fraction of sp³-hybridized carbons (Fsp3) is 0.450. The Morgan fingerprint density at radius 2 is 1.91 bits per heavy atom. The Bertz CT molecular complexity index is 659. The van der Waals surface area contributed by atoms with Crippen LogP contribution in [0.5, 0.6) is 0 Å². The van der Waals surface area contributed by atoms with Gasteiger partial charge < -0.3 is 4.90 Å². The molecular formula is C20H25NOS. The van der Waals surface area contributed by atoms with Gasteiger partial charge in [0.25, 0.3) is 0 Å². The van der Waals surface area contributed by atoms with Gasteiger partial charge in [0.05, 0.1) is 6.04 Å². The van der Waals surface area contributed by atoms with Crippen LogP contribution in [0, 0.1) is 6.92 Å². The lowest BCUT2D eigenvalue weighted by atomic mass is 10.1. The van der Waals surface area contributed by atoms with Crippen LogP contribution in [-0.4, -0.2) is 17.4 Å². The molecule has 1 unspecified atom stereocenters. The normalized spacial score (nSPS) is 17.7. The molecule has 0 radical (unpaired) electrons. The van der Waals surface area contributed by atoms with E-state index in [1.165, 1.54) is 20.9 Å². The molecule has 1 aromatic heterocycles. The monoisotopic (exact) mass is 327 g/mol. The summed E-state index contributed by atoms with van der Waals surface area (Å²) >= 11 is 1.83. The Labute approximate surface area is 143 Å². The summed E-state index contributed by atoms with van der Waals surface area (Å²) < 4.78 is 0. The highest BCUT2D eigenvalue weighted by Crippen LogP contribution is 2.36. The first-order valence-electron chi connectivity index (χ1n) is 8.61. The van der Waals surface area contributed by atoms with Crippen LogP contribution in [0.25, 0.3) is 0 Å². The molecule has 122 valence electrons. The van der Waals surface area contributed by atoms with Crippen LogP contribution in [0.1, 0.15) is 53.1 Å². The number of rotatable bonds is 5. The number of amides is 1. The minimum atomic E-state index is 0.304.